The molecule has 0 amide bonds. The van der Waals surface area contributed by atoms with Crippen LogP contribution in [-0.4, -0.2) is 51.8 Å². The second kappa shape index (κ2) is 15.6. The van der Waals surface area contributed by atoms with Crippen molar-refractivity contribution in [2.24, 2.45) is 9.04 Å². The molecule has 0 fully saturated rings. The van der Waals surface area contributed by atoms with Crippen molar-refractivity contribution < 1.29 is 16.8 Å². The van der Waals surface area contributed by atoms with Crippen molar-refractivity contribution in [2.45, 2.75) is 88.3 Å². The van der Waals surface area contributed by atoms with Gasteiger partial charge in [-0.1, -0.05) is 37.1 Å². The van der Waals surface area contributed by atoms with E-state index in [2.05, 4.69) is 56.4 Å². The van der Waals surface area contributed by atoms with E-state index in [1.165, 1.54) is 24.3 Å². The summed E-state index contributed by atoms with van der Waals surface area (Å²) in [5.74, 6) is 0. The van der Waals surface area contributed by atoms with Crippen LogP contribution in [0.15, 0.2) is 67.4 Å². The highest BCUT2D eigenvalue weighted by molar-refractivity contribution is 7.90. The molecule has 40 heavy (non-hydrogen) atoms. The first-order valence-electron chi connectivity index (χ1n) is 13.2. The molecule has 0 aliphatic carbocycles. The normalized spacial score (nSPS) is 12.1. The molecule has 0 spiro atoms. The molecule has 2 aromatic carbocycles. The summed E-state index contributed by atoms with van der Waals surface area (Å²) in [6, 6.07) is 13.5. The summed E-state index contributed by atoms with van der Waals surface area (Å²) in [5, 5.41) is 0. The highest BCUT2D eigenvalue weighted by Crippen LogP contribution is 2.18. The first kappa shape index (κ1) is 33.1. The lowest BCUT2D eigenvalue weighted by atomic mass is 10.1. The van der Waals surface area contributed by atoms with E-state index in [4.69, 9.17) is 11.1 Å². The Balaban J connectivity index is 1.82. The monoisotopic (exact) mass is 590 g/mol. The average Bonchev–Trinajstić information content (AvgIpc) is 2.89. The van der Waals surface area contributed by atoms with Crippen LogP contribution in [0.2, 0.25) is 0 Å². The third-order valence-electron chi connectivity index (χ3n) is 6.60. The summed E-state index contributed by atoms with van der Waals surface area (Å²) in [6.45, 7) is 11.8. The van der Waals surface area contributed by atoms with Crippen molar-refractivity contribution in [3.8, 4) is 0 Å². The molecular formula is C26H38N8O4S2. The number of unbranched alkanes of at least 4 members (excludes halogenated alkanes) is 3. The molecule has 2 rings (SSSR count). The number of hydrogen-bond acceptors (Lipinski definition) is 6. The van der Waals surface area contributed by atoms with Crippen molar-refractivity contribution >= 4 is 20.0 Å². The van der Waals surface area contributed by atoms with Crippen LogP contribution in [0, 0.1) is 0 Å². The van der Waals surface area contributed by atoms with Gasteiger partial charge in [-0.3, -0.25) is 9.80 Å². The Morgan fingerprint density at radius 1 is 0.625 bits per heavy atom. The minimum absolute atomic E-state index is 0.0177. The molecule has 14 heteroatoms. The Bertz CT molecular complexity index is 1290. The number of benzene rings is 2. The highest BCUT2D eigenvalue weighted by Gasteiger charge is 2.15. The summed E-state index contributed by atoms with van der Waals surface area (Å²) >= 11 is 0. The van der Waals surface area contributed by atoms with Crippen LogP contribution < -0.4 is 0 Å². The maximum absolute atomic E-state index is 11.9. The number of sulfonamides is 2. The van der Waals surface area contributed by atoms with E-state index in [1.807, 2.05) is 0 Å². The second-order valence-corrected chi connectivity index (χ2v) is 13.3. The lowest BCUT2D eigenvalue weighted by molar-refractivity contribution is 0.199. The lowest BCUT2D eigenvalue weighted by Crippen LogP contribution is -2.32. The smallest absolute Gasteiger partial charge is 0.264 e. The molecule has 0 aromatic heterocycles. The van der Waals surface area contributed by atoms with Gasteiger partial charge in [0.1, 0.15) is 0 Å². The van der Waals surface area contributed by atoms with Gasteiger partial charge in [-0.25, -0.2) is 16.8 Å². The maximum atomic E-state index is 11.9. The molecule has 12 nitrogen and oxygen atoms in total. The fourth-order valence-electron chi connectivity index (χ4n) is 4.22. The van der Waals surface area contributed by atoms with Gasteiger partial charge in [0.15, 0.2) is 0 Å². The molecule has 218 valence electrons. The lowest BCUT2D eigenvalue weighted by Gasteiger charge is -2.27. The minimum atomic E-state index is -3.98. The van der Waals surface area contributed by atoms with Crippen LogP contribution in [0.25, 0.3) is 20.9 Å². The molecule has 0 saturated heterocycles. The largest absolute Gasteiger partial charge is 0.297 e. The van der Waals surface area contributed by atoms with Crippen LogP contribution in [0.5, 0.6) is 0 Å². The van der Waals surface area contributed by atoms with Crippen LogP contribution in [-0.2, 0) is 33.1 Å². The van der Waals surface area contributed by atoms with E-state index in [-0.39, 0.29) is 9.79 Å². The maximum Gasteiger partial charge on any atom is 0.264 e. The summed E-state index contributed by atoms with van der Waals surface area (Å²) in [7, 11) is -7.96. The molecule has 0 N–H and O–H groups in total. The Kier molecular flexibility index (Phi) is 12.9. The van der Waals surface area contributed by atoms with Gasteiger partial charge in [-0.15, -0.1) is 0 Å². The van der Waals surface area contributed by atoms with Crippen molar-refractivity contribution in [2.75, 3.05) is 13.1 Å². The summed E-state index contributed by atoms with van der Waals surface area (Å²) in [4.78, 5) is 9.43. The topological polar surface area (TPSA) is 172 Å². The molecule has 0 bridgehead atoms. The molecule has 2 aromatic rings. The average molecular weight is 591 g/mol. The third kappa shape index (κ3) is 10.5. The van der Waals surface area contributed by atoms with Gasteiger partial charge in [0.05, 0.1) is 9.79 Å². The highest BCUT2D eigenvalue weighted by atomic mass is 32.2. The summed E-state index contributed by atoms with van der Waals surface area (Å²) in [5.41, 5.74) is 18.8. The van der Waals surface area contributed by atoms with E-state index >= 15 is 0 Å². The van der Waals surface area contributed by atoms with Crippen LogP contribution >= 0.6 is 0 Å². The van der Waals surface area contributed by atoms with Crippen molar-refractivity contribution in [1.29, 1.82) is 0 Å². The Labute approximate surface area is 237 Å². The van der Waals surface area contributed by atoms with E-state index in [9.17, 15) is 16.8 Å². The van der Waals surface area contributed by atoms with Crippen molar-refractivity contribution in [3.63, 3.8) is 0 Å². The number of rotatable bonds is 17. The van der Waals surface area contributed by atoms with E-state index in [1.54, 1.807) is 24.3 Å². The molecule has 0 unspecified atom stereocenters. The van der Waals surface area contributed by atoms with Crippen molar-refractivity contribution in [3.05, 3.63) is 80.5 Å². The number of azide groups is 2. The van der Waals surface area contributed by atoms with E-state index < -0.39 is 20.0 Å². The third-order valence-corrected chi connectivity index (χ3v) is 8.91. The van der Waals surface area contributed by atoms with Gasteiger partial charge in [-0.2, -0.15) is 0 Å². The van der Waals surface area contributed by atoms with Crippen LogP contribution in [0.4, 0.5) is 0 Å². The Hall–Kier alpha value is -3.12. The standard InChI is InChI=1S/C26H38N8O4S2/c1-21(2)33(19-23-9-13-25(14-10-23)39(35,36)31-29-27)17-7-5-6-8-18-34(22(3)4)20-24-11-15-26(16-12-24)40(37,38)32-30-28/h9-16,21-22H,5-8,17-20H2,1-4H3. The zero-order valence-corrected chi connectivity index (χ0v) is 25.1. The fraction of sp³-hybridized carbons (Fsp3) is 0.538. The van der Waals surface area contributed by atoms with Gasteiger partial charge in [0.2, 0.25) is 0 Å². The number of nitrogens with zero attached hydrogens (tertiary/aromatic N) is 8. The van der Waals surface area contributed by atoms with Crippen LogP contribution in [0.1, 0.15) is 64.5 Å². The zero-order valence-electron chi connectivity index (χ0n) is 23.5. The summed E-state index contributed by atoms with van der Waals surface area (Å²) in [6.07, 6.45) is 4.27. The van der Waals surface area contributed by atoms with E-state index in [0.29, 0.717) is 25.2 Å². The Morgan fingerprint density at radius 3 is 1.23 bits per heavy atom. The number of hydrogen-bond donors (Lipinski definition) is 0. The molecule has 0 aliphatic rings. The van der Waals surface area contributed by atoms with Gasteiger partial charge < -0.3 is 0 Å². The van der Waals surface area contributed by atoms with Gasteiger partial charge in [-0.05, 0) is 100 Å². The first-order valence-corrected chi connectivity index (χ1v) is 16.1. The Morgan fingerprint density at radius 2 is 0.950 bits per heavy atom. The SMILES string of the molecule is CC(C)N(CCCCCCN(Cc1ccc(S(=O)(=O)N=[N+]=[N-])cc1)C(C)C)Cc1ccc(S(=O)(=O)N=[N+]=[N-])cc1. The second-order valence-electron chi connectivity index (χ2n) is 10.1. The van der Waals surface area contributed by atoms with E-state index in [0.717, 1.165) is 49.9 Å². The molecule has 0 saturated carbocycles. The minimum Gasteiger partial charge on any atom is -0.297 e. The predicted molar refractivity (Wildman–Crippen MR) is 155 cm³/mol. The zero-order chi connectivity index (χ0) is 29.8. The molecule has 0 atom stereocenters. The predicted octanol–water partition coefficient (Wildman–Crippen LogP) is 6.37. The van der Waals surface area contributed by atoms with Gasteiger partial charge >= 0.3 is 0 Å². The van der Waals surface area contributed by atoms with Crippen LogP contribution in [0.3, 0.4) is 0 Å². The molecule has 0 aliphatic heterocycles. The van der Waals surface area contributed by atoms with Gasteiger partial charge in [0.25, 0.3) is 20.0 Å². The molecular weight excluding hydrogens is 552 g/mol. The fourth-order valence-corrected chi connectivity index (χ4v) is 5.56. The van der Waals surface area contributed by atoms with Crippen molar-refractivity contribution in [1.82, 2.24) is 9.80 Å². The quantitative estimate of drug-likeness (QED) is 0.0896. The molecule has 0 heterocycles. The van der Waals surface area contributed by atoms with Gasteiger partial charge in [0, 0.05) is 44.0 Å². The first-order chi connectivity index (χ1) is 18.9. The summed E-state index contributed by atoms with van der Waals surface area (Å²) < 4.78 is 53.2. The molecule has 0 radical (unpaired) electrons.